The summed E-state index contributed by atoms with van der Waals surface area (Å²) in [6.45, 7) is 6.31. The lowest BCUT2D eigenvalue weighted by Gasteiger charge is -2.05. The Morgan fingerprint density at radius 1 is 1.19 bits per heavy atom. The number of carbonyl (C=O) groups is 1. The molecule has 0 saturated carbocycles. The number of carbonyl (C=O) groups excluding carboxylic acids is 1. The molecule has 142 valence electrons. The van der Waals surface area contributed by atoms with Gasteiger partial charge in [-0.15, -0.1) is 10.2 Å². The van der Waals surface area contributed by atoms with Crippen molar-refractivity contribution in [3.8, 4) is 11.3 Å². The summed E-state index contributed by atoms with van der Waals surface area (Å²) in [7, 11) is 0. The number of nitrogens with zero attached hydrogens (tertiary/aromatic N) is 3. The van der Waals surface area contributed by atoms with Crippen molar-refractivity contribution in [3.05, 3.63) is 46.9 Å². The maximum atomic E-state index is 12.2. The van der Waals surface area contributed by atoms with Crippen molar-refractivity contribution < 1.29 is 9.21 Å². The predicted octanol–water partition coefficient (Wildman–Crippen LogP) is 4.98. The van der Waals surface area contributed by atoms with E-state index < -0.39 is 0 Å². The topological polar surface area (TPSA) is 80.9 Å². The van der Waals surface area contributed by atoms with Gasteiger partial charge in [0.25, 0.3) is 0 Å². The Morgan fingerprint density at radius 2 is 1.93 bits per heavy atom. The second-order valence-corrected chi connectivity index (χ2v) is 7.50. The van der Waals surface area contributed by atoms with E-state index in [0.29, 0.717) is 29.1 Å². The third-order valence-corrected chi connectivity index (χ3v) is 5.48. The zero-order valence-electron chi connectivity index (χ0n) is 15.9. The van der Waals surface area contributed by atoms with E-state index in [-0.39, 0.29) is 12.3 Å². The first-order valence-electron chi connectivity index (χ1n) is 9.24. The number of anilines is 1. The molecule has 0 aliphatic heterocycles. The number of rotatable bonds is 8. The number of aromatic nitrogens is 3. The first-order valence-corrected chi connectivity index (χ1v) is 10.1. The Morgan fingerprint density at radius 3 is 2.63 bits per heavy atom. The van der Waals surface area contributed by atoms with E-state index >= 15 is 0 Å². The molecule has 0 saturated heterocycles. The van der Waals surface area contributed by atoms with Crippen LogP contribution in [0.25, 0.3) is 11.3 Å². The second kappa shape index (κ2) is 8.90. The van der Waals surface area contributed by atoms with Crippen molar-refractivity contribution in [1.29, 1.82) is 0 Å². The SMILES string of the molecule is CCC(CC)c1nnc(NC(=O)CCc2ncc(-c3ccc(C)cc3)o2)s1. The van der Waals surface area contributed by atoms with E-state index in [2.05, 4.69) is 34.3 Å². The van der Waals surface area contributed by atoms with E-state index in [0.717, 1.165) is 23.4 Å². The summed E-state index contributed by atoms with van der Waals surface area (Å²) in [5, 5.41) is 12.6. The van der Waals surface area contributed by atoms with Gasteiger partial charge in [-0.2, -0.15) is 0 Å². The molecule has 3 aromatic rings. The van der Waals surface area contributed by atoms with Gasteiger partial charge in [-0.05, 0) is 19.8 Å². The minimum Gasteiger partial charge on any atom is -0.441 e. The van der Waals surface area contributed by atoms with E-state index in [1.54, 1.807) is 6.20 Å². The van der Waals surface area contributed by atoms with Crippen molar-refractivity contribution in [2.24, 2.45) is 0 Å². The number of nitrogens with one attached hydrogen (secondary N) is 1. The van der Waals surface area contributed by atoms with Crippen molar-refractivity contribution in [1.82, 2.24) is 15.2 Å². The molecule has 0 aliphatic rings. The lowest BCUT2D eigenvalue weighted by atomic mass is 10.1. The van der Waals surface area contributed by atoms with Crippen LogP contribution in [0.2, 0.25) is 0 Å². The first kappa shape index (κ1) is 19.2. The fourth-order valence-electron chi connectivity index (χ4n) is 2.77. The molecule has 1 N–H and O–H groups in total. The molecule has 1 amide bonds. The molecule has 0 bridgehead atoms. The highest BCUT2D eigenvalue weighted by atomic mass is 32.1. The zero-order chi connectivity index (χ0) is 19.2. The first-order chi connectivity index (χ1) is 13.1. The molecule has 27 heavy (non-hydrogen) atoms. The maximum absolute atomic E-state index is 12.2. The van der Waals surface area contributed by atoms with Crippen LogP contribution in [0, 0.1) is 6.92 Å². The highest BCUT2D eigenvalue weighted by molar-refractivity contribution is 7.15. The molecule has 0 fully saturated rings. The molecule has 0 spiro atoms. The summed E-state index contributed by atoms with van der Waals surface area (Å²) in [6.07, 6.45) is 4.47. The summed E-state index contributed by atoms with van der Waals surface area (Å²) < 4.78 is 5.76. The number of hydrogen-bond acceptors (Lipinski definition) is 6. The summed E-state index contributed by atoms with van der Waals surface area (Å²) in [4.78, 5) is 16.4. The van der Waals surface area contributed by atoms with Crippen LogP contribution in [-0.4, -0.2) is 21.1 Å². The summed E-state index contributed by atoms with van der Waals surface area (Å²) in [5.74, 6) is 1.55. The summed E-state index contributed by atoms with van der Waals surface area (Å²) >= 11 is 1.45. The van der Waals surface area contributed by atoms with Gasteiger partial charge < -0.3 is 9.73 Å². The molecule has 0 unspecified atom stereocenters. The lowest BCUT2D eigenvalue weighted by Crippen LogP contribution is -2.12. The molecule has 2 aromatic heterocycles. The van der Waals surface area contributed by atoms with Gasteiger partial charge in [0.1, 0.15) is 5.01 Å². The molecule has 1 aromatic carbocycles. The predicted molar refractivity (Wildman–Crippen MR) is 107 cm³/mol. The summed E-state index contributed by atoms with van der Waals surface area (Å²) in [6, 6.07) is 8.06. The van der Waals surface area contributed by atoms with Gasteiger partial charge in [-0.25, -0.2) is 4.98 Å². The van der Waals surface area contributed by atoms with Gasteiger partial charge in [0.15, 0.2) is 11.7 Å². The minimum atomic E-state index is -0.114. The Bertz CT molecular complexity index is 882. The standard InChI is InChI=1S/C20H24N4O2S/c1-4-14(5-2)19-23-24-20(27-19)22-17(25)10-11-18-21-12-16(26-18)15-8-6-13(3)7-9-15/h6-9,12,14H,4-5,10-11H2,1-3H3,(H,22,24,25). The van der Waals surface area contributed by atoms with Crippen LogP contribution in [-0.2, 0) is 11.2 Å². The van der Waals surface area contributed by atoms with Gasteiger partial charge in [-0.3, -0.25) is 4.79 Å². The van der Waals surface area contributed by atoms with Gasteiger partial charge in [0.05, 0.1) is 6.20 Å². The number of benzene rings is 1. The molecule has 6 nitrogen and oxygen atoms in total. The molecule has 0 atom stereocenters. The van der Waals surface area contributed by atoms with E-state index in [1.165, 1.54) is 16.9 Å². The van der Waals surface area contributed by atoms with Gasteiger partial charge in [-0.1, -0.05) is 55.0 Å². The highest BCUT2D eigenvalue weighted by Gasteiger charge is 2.15. The monoisotopic (exact) mass is 384 g/mol. The normalized spacial score (nSPS) is 11.1. The van der Waals surface area contributed by atoms with Crippen molar-refractivity contribution in [3.63, 3.8) is 0 Å². The van der Waals surface area contributed by atoms with Crippen LogP contribution in [0.5, 0.6) is 0 Å². The van der Waals surface area contributed by atoms with Crippen LogP contribution in [0.3, 0.4) is 0 Å². The molecular weight excluding hydrogens is 360 g/mol. The average Bonchev–Trinajstić information content (AvgIpc) is 3.32. The number of amides is 1. The lowest BCUT2D eigenvalue weighted by molar-refractivity contribution is -0.116. The van der Waals surface area contributed by atoms with E-state index in [4.69, 9.17) is 4.42 Å². The number of aryl methyl sites for hydroxylation is 2. The highest BCUT2D eigenvalue weighted by Crippen LogP contribution is 2.28. The van der Waals surface area contributed by atoms with Crippen molar-refractivity contribution in [2.45, 2.75) is 52.4 Å². The Hall–Kier alpha value is -2.54. The minimum absolute atomic E-state index is 0.114. The molecule has 0 radical (unpaired) electrons. The maximum Gasteiger partial charge on any atom is 0.226 e. The Balaban J connectivity index is 1.53. The fourth-order valence-corrected chi connectivity index (χ4v) is 3.79. The second-order valence-electron chi connectivity index (χ2n) is 6.49. The molecule has 0 aliphatic carbocycles. The third-order valence-electron chi connectivity index (χ3n) is 4.48. The number of hydrogen-bond donors (Lipinski definition) is 1. The fraction of sp³-hybridized carbons (Fsp3) is 0.400. The molecular formula is C20H24N4O2S. The van der Waals surface area contributed by atoms with Crippen LogP contribution in [0.15, 0.2) is 34.9 Å². The Labute approximate surface area is 163 Å². The van der Waals surface area contributed by atoms with Crippen molar-refractivity contribution in [2.75, 3.05) is 5.32 Å². The van der Waals surface area contributed by atoms with Crippen molar-refractivity contribution >= 4 is 22.4 Å². The zero-order valence-corrected chi connectivity index (χ0v) is 16.7. The third kappa shape index (κ3) is 5.01. The van der Waals surface area contributed by atoms with Crippen LogP contribution in [0.1, 0.15) is 55.5 Å². The largest absolute Gasteiger partial charge is 0.441 e. The van der Waals surface area contributed by atoms with Gasteiger partial charge in [0, 0.05) is 24.3 Å². The van der Waals surface area contributed by atoms with Gasteiger partial charge in [0.2, 0.25) is 11.0 Å². The van der Waals surface area contributed by atoms with Crippen LogP contribution < -0.4 is 5.32 Å². The van der Waals surface area contributed by atoms with Crippen LogP contribution in [0.4, 0.5) is 5.13 Å². The smallest absolute Gasteiger partial charge is 0.226 e. The average molecular weight is 385 g/mol. The number of oxazole rings is 1. The van der Waals surface area contributed by atoms with Crippen LogP contribution >= 0.6 is 11.3 Å². The Kier molecular flexibility index (Phi) is 6.34. The molecule has 7 heteroatoms. The van der Waals surface area contributed by atoms with Gasteiger partial charge >= 0.3 is 0 Å². The quantitative estimate of drug-likeness (QED) is 0.592. The van der Waals surface area contributed by atoms with E-state index in [9.17, 15) is 4.79 Å². The molecule has 2 heterocycles. The summed E-state index contributed by atoms with van der Waals surface area (Å²) in [5.41, 5.74) is 2.17. The molecule has 3 rings (SSSR count). The van der Waals surface area contributed by atoms with E-state index in [1.807, 2.05) is 31.2 Å².